The van der Waals surface area contributed by atoms with Crippen LogP contribution in [-0.4, -0.2) is 14.8 Å². The fourth-order valence-corrected chi connectivity index (χ4v) is 3.46. The molecule has 0 saturated carbocycles. The summed E-state index contributed by atoms with van der Waals surface area (Å²) in [6, 6.07) is 16.3. The summed E-state index contributed by atoms with van der Waals surface area (Å²) in [7, 11) is 2.02. The van der Waals surface area contributed by atoms with E-state index in [9.17, 15) is 0 Å². The van der Waals surface area contributed by atoms with E-state index in [0.29, 0.717) is 0 Å². The van der Waals surface area contributed by atoms with Gasteiger partial charge in [0.15, 0.2) is 5.16 Å². The minimum atomic E-state index is 0.751. The number of halogens is 1. The molecule has 0 N–H and O–H groups in total. The predicted molar refractivity (Wildman–Crippen MR) is 96.0 cm³/mol. The van der Waals surface area contributed by atoms with Crippen molar-refractivity contribution in [2.45, 2.75) is 24.3 Å². The van der Waals surface area contributed by atoms with Crippen LogP contribution in [0.1, 0.15) is 22.5 Å². The highest BCUT2D eigenvalue weighted by Crippen LogP contribution is 2.23. The van der Waals surface area contributed by atoms with E-state index in [1.807, 2.05) is 31.3 Å². The molecule has 1 aromatic heterocycles. The van der Waals surface area contributed by atoms with Gasteiger partial charge in [-0.15, -0.1) is 10.2 Å². The first-order chi connectivity index (χ1) is 11.1. The van der Waals surface area contributed by atoms with Gasteiger partial charge in [-0.1, -0.05) is 59.8 Å². The Morgan fingerprint density at radius 1 is 1.04 bits per heavy atom. The van der Waals surface area contributed by atoms with Gasteiger partial charge >= 0.3 is 0 Å². The molecule has 3 aromatic rings. The zero-order valence-electron chi connectivity index (χ0n) is 13.2. The predicted octanol–water partition coefficient (Wildman–Crippen LogP) is 4.66. The third-order valence-electron chi connectivity index (χ3n) is 3.82. The molecule has 0 aliphatic carbocycles. The quantitative estimate of drug-likeness (QED) is 0.631. The Hall–Kier alpha value is -1.78. The fraction of sp³-hybridized carbons (Fsp3) is 0.222. The van der Waals surface area contributed by atoms with Crippen molar-refractivity contribution in [1.82, 2.24) is 14.8 Å². The molecule has 0 bridgehead atoms. The van der Waals surface area contributed by atoms with E-state index >= 15 is 0 Å². The molecule has 0 unspecified atom stereocenters. The number of benzene rings is 2. The molecule has 23 heavy (non-hydrogen) atoms. The lowest BCUT2D eigenvalue weighted by atomic mass is 10.1. The second-order valence-electron chi connectivity index (χ2n) is 5.48. The van der Waals surface area contributed by atoms with Crippen LogP contribution in [0.25, 0.3) is 0 Å². The summed E-state index contributed by atoms with van der Waals surface area (Å²) in [5.41, 5.74) is 3.82. The fourth-order valence-electron chi connectivity index (χ4n) is 2.32. The highest BCUT2D eigenvalue weighted by molar-refractivity contribution is 7.98. The van der Waals surface area contributed by atoms with Crippen molar-refractivity contribution in [3.05, 3.63) is 76.1 Å². The molecule has 5 heteroatoms. The third-order valence-corrected chi connectivity index (χ3v) is 5.14. The lowest BCUT2D eigenvalue weighted by Gasteiger charge is -2.06. The summed E-state index contributed by atoms with van der Waals surface area (Å²) >= 11 is 7.64. The highest BCUT2D eigenvalue weighted by Gasteiger charge is 2.10. The number of hydrogen-bond donors (Lipinski definition) is 0. The van der Waals surface area contributed by atoms with Crippen molar-refractivity contribution < 1.29 is 0 Å². The van der Waals surface area contributed by atoms with Gasteiger partial charge in [0.2, 0.25) is 0 Å². The van der Waals surface area contributed by atoms with Crippen LogP contribution in [0.2, 0.25) is 5.02 Å². The minimum Gasteiger partial charge on any atom is -0.309 e. The van der Waals surface area contributed by atoms with E-state index in [1.54, 1.807) is 11.8 Å². The van der Waals surface area contributed by atoms with Crippen molar-refractivity contribution in [3.8, 4) is 0 Å². The highest BCUT2D eigenvalue weighted by atomic mass is 35.5. The van der Waals surface area contributed by atoms with Gasteiger partial charge in [-0.05, 0) is 35.7 Å². The summed E-state index contributed by atoms with van der Waals surface area (Å²) in [5.74, 6) is 1.86. The topological polar surface area (TPSA) is 30.7 Å². The molecule has 118 valence electrons. The van der Waals surface area contributed by atoms with Gasteiger partial charge in [0, 0.05) is 24.2 Å². The molecule has 0 atom stereocenters. The Labute approximate surface area is 145 Å². The Kier molecular flexibility index (Phi) is 5.03. The molecule has 3 rings (SSSR count). The Bertz CT molecular complexity index is 796. The van der Waals surface area contributed by atoms with Crippen LogP contribution in [0, 0.1) is 6.92 Å². The van der Waals surface area contributed by atoms with Gasteiger partial charge in [-0.2, -0.15) is 0 Å². The molecular formula is C18H18ClN3S. The smallest absolute Gasteiger partial charge is 0.191 e. The molecule has 2 aromatic carbocycles. The van der Waals surface area contributed by atoms with E-state index in [0.717, 1.165) is 28.2 Å². The van der Waals surface area contributed by atoms with Gasteiger partial charge in [-0.3, -0.25) is 0 Å². The van der Waals surface area contributed by atoms with Crippen LogP contribution in [0.15, 0.2) is 53.7 Å². The monoisotopic (exact) mass is 343 g/mol. The molecule has 0 amide bonds. The number of hydrogen-bond acceptors (Lipinski definition) is 3. The maximum Gasteiger partial charge on any atom is 0.191 e. The lowest BCUT2D eigenvalue weighted by molar-refractivity contribution is 0.749. The number of rotatable bonds is 5. The van der Waals surface area contributed by atoms with Crippen molar-refractivity contribution in [2.24, 2.45) is 7.05 Å². The molecule has 0 spiro atoms. The zero-order chi connectivity index (χ0) is 16.2. The van der Waals surface area contributed by atoms with Crippen molar-refractivity contribution in [3.63, 3.8) is 0 Å². The molecule has 3 nitrogen and oxygen atoms in total. The molecule has 0 aliphatic heterocycles. The number of thioether (sulfide) groups is 1. The number of nitrogens with zero attached hydrogens (tertiary/aromatic N) is 3. The zero-order valence-corrected chi connectivity index (χ0v) is 14.7. The molecule has 0 radical (unpaired) electrons. The van der Waals surface area contributed by atoms with Gasteiger partial charge in [0.05, 0.1) is 0 Å². The van der Waals surface area contributed by atoms with Crippen LogP contribution < -0.4 is 0 Å². The molecule has 0 aliphatic rings. The van der Waals surface area contributed by atoms with Crippen LogP contribution in [-0.2, 0) is 19.2 Å². The summed E-state index contributed by atoms with van der Waals surface area (Å²) in [4.78, 5) is 0. The van der Waals surface area contributed by atoms with E-state index in [2.05, 4.69) is 46.0 Å². The Balaban J connectivity index is 1.69. The first kappa shape index (κ1) is 16.1. The summed E-state index contributed by atoms with van der Waals surface area (Å²) in [5, 5.41) is 10.3. The van der Waals surface area contributed by atoms with E-state index in [4.69, 9.17) is 11.6 Å². The summed E-state index contributed by atoms with van der Waals surface area (Å²) in [6.45, 7) is 2.14. The van der Waals surface area contributed by atoms with Crippen molar-refractivity contribution >= 4 is 23.4 Å². The maximum atomic E-state index is 5.93. The summed E-state index contributed by atoms with van der Waals surface area (Å²) in [6.07, 6.45) is 0.756. The Morgan fingerprint density at radius 2 is 1.78 bits per heavy atom. The van der Waals surface area contributed by atoms with Crippen LogP contribution in [0.3, 0.4) is 0 Å². The second-order valence-corrected chi connectivity index (χ2v) is 6.86. The minimum absolute atomic E-state index is 0.751. The Morgan fingerprint density at radius 3 is 2.52 bits per heavy atom. The second kappa shape index (κ2) is 7.20. The van der Waals surface area contributed by atoms with E-state index < -0.39 is 0 Å². The van der Waals surface area contributed by atoms with E-state index in [-0.39, 0.29) is 0 Å². The average molecular weight is 344 g/mol. The molecule has 0 saturated heterocycles. The molecular weight excluding hydrogens is 326 g/mol. The third kappa shape index (κ3) is 3.95. The van der Waals surface area contributed by atoms with Crippen LogP contribution in [0.4, 0.5) is 0 Å². The van der Waals surface area contributed by atoms with Crippen molar-refractivity contribution in [1.29, 1.82) is 0 Å². The van der Waals surface area contributed by atoms with Gasteiger partial charge in [-0.25, -0.2) is 0 Å². The van der Waals surface area contributed by atoms with E-state index in [1.165, 1.54) is 16.7 Å². The van der Waals surface area contributed by atoms with Crippen LogP contribution >= 0.6 is 23.4 Å². The van der Waals surface area contributed by atoms with Crippen LogP contribution in [0.5, 0.6) is 0 Å². The largest absolute Gasteiger partial charge is 0.309 e. The molecule has 1 heterocycles. The normalized spacial score (nSPS) is 10.9. The average Bonchev–Trinajstić information content (AvgIpc) is 2.89. The molecule has 0 fully saturated rings. The van der Waals surface area contributed by atoms with Gasteiger partial charge in [0.25, 0.3) is 0 Å². The SMILES string of the molecule is Cc1ccccc1CSc1nnc(Cc2ccc(Cl)cc2)n1C. The van der Waals surface area contributed by atoms with Gasteiger partial charge in [0.1, 0.15) is 5.82 Å². The maximum absolute atomic E-state index is 5.93. The van der Waals surface area contributed by atoms with Gasteiger partial charge < -0.3 is 4.57 Å². The number of aromatic nitrogens is 3. The number of aryl methyl sites for hydroxylation is 1. The van der Waals surface area contributed by atoms with Crippen molar-refractivity contribution in [2.75, 3.05) is 0 Å². The first-order valence-corrected chi connectivity index (χ1v) is 8.80. The summed E-state index contributed by atoms with van der Waals surface area (Å²) < 4.78 is 2.07. The lowest BCUT2D eigenvalue weighted by Crippen LogP contribution is -2.00. The first-order valence-electron chi connectivity index (χ1n) is 7.43. The standard InChI is InChI=1S/C18H18ClN3S/c1-13-5-3-4-6-15(13)12-23-18-21-20-17(22(18)2)11-14-7-9-16(19)10-8-14/h3-10H,11-12H2,1-2H3.